The molecule has 0 unspecified atom stereocenters. The van der Waals surface area contributed by atoms with Crippen LogP contribution < -0.4 is 75.1 Å². The Bertz CT molecular complexity index is 3690. The molecule has 2 aliphatic rings. The second-order valence-corrected chi connectivity index (χ2v) is 31.7. The quantitative estimate of drug-likeness (QED) is 0.0218. The average molecular weight is 1720 g/mol. The number of imidazole rings is 1. The highest BCUT2D eigenvalue weighted by molar-refractivity contribution is 6.00. The molecule has 41 heteroatoms. The summed E-state index contributed by atoms with van der Waals surface area (Å²) in [6, 6.07) is -11.7. The van der Waals surface area contributed by atoms with E-state index in [1.54, 1.807) is 25.6 Å². The molecule has 2 aromatic rings. The number of amides is 14. The molecule has 1 aromatic carbocycles. The molecule has 2 fully saturated rings. The van der Waals surface area contributed by atoms with Gasteiger partial charge < -0.3 is 130 Å². The number of β-amino-alcohol motifs (C(OH)–C–C–N with tert-alkyl or cyclic N) is 1. The summed E-state index contributed by atoms with van der Waals surface area (Å²) in [5, 5.41) is 99.9. The minimum Gasteiger partial charge on any atom is -0.484 e. The van der Waals surface area contributed by atoms with Gasteiger partial charge in [0.25, 0.3) is 5.91 Å². The van der Waals surface area contributed by atoms with Crippen LogP contribution in [0.3, 0.4) is 0 Å². The van der Waals surface area contributed by atoms with Crippen LogP contribution in [-0.2, 0) is 89.6 Å². The summed E-state index contributed by atoms with van der Waals surface area (Å²) in [6.07, 6.45) is 3.43. The molecule has 0 aliphatic carbocycles. The fraction of sp³-hybridized carbons (Fsp3) is 0.700. The van der Waals surface area contributed by atoms with Crippen LogP contribution in [0.15, 0.2) is 43.0 Å². The van der Waals surface area contributed by atoms with Gasteiger partial charge in [-0.3, -0.25) is 71.9 Å². The number of hydrogen-bond acceptors (Lipinski definition) is 26. The van der Waals surface area contributed by atoms with Gasteiger partial charge in [0.05, 0.1) is 74.4 Å². The first-order valence-corrected chi connectivity index (χ1v) is 41.7. The Morgan fingerprint density at radius 2 is 1.13 bits per heavy atom. The molecule has 121 heavy (non-hydrogen) atoms. The number of unbranched alkanes of at least 4 members (excludes halogenated alkanes) is 10. The highest BCUT2D eigenvalue weighted by Crippen LogP contribution is 2.26. The van der Waals surface area contributed by atoms with Gasteiger partial charge in [0.1, 0.15) is 72.3 Å². The summed E-state index contributed by atoms with van der Waals surface area (Å²) in [7, 11) is 0. The lowest BCUT2D eigenvalue weighted by Gasteiger charge is -2.34. The Morgan fingerprint density at radius 1 is 0.562 bits per heavy atom. The number of ether oxygens (including phenoxy) is 2. The minimum atomic E-state index is -2.14. The fourth-order valence-electron chi connectivity index (χ4n) is 13.7. The first kappa shape index (κ1) is 103. The first-order chi connectivity index (χ1) is 57.2. The molecule has 2 saturated heterocycles. The Morgan fingerprint density at radius 3 is 1.70 bits per heavy atom. The number of esters is 1. The molecule has 0 spiro atoms. The third-order valence-electron chi connectivity index (χ3n) is 20.8. The predicted octanol–water partition coefficient (Wildman–Crippen LogP) is -4.77. The highest BCUT2D eigenvalue weighted by atomic mass is 16.5. The lowest BCUT2D eigenvalue weighted by molar-refractivity contribution is -0.155. The summed E-state index contributed by atoms with van der Waals surface area (Å²) in [4.78, 5) is 211. The maximum absolute atomic E-state index is 15.0. The normalized spacial score (nSPS) is 18.9. The van der Waals surface area contributed by atoms with Gasteiger partial charge in [-0.1, -0.05) is 104 Å². The average Bonchev–Trinajstić information content (AvgIpc) is 1.68. The molecule has 4 rings (SSSR count). The van der Waals surface area contributed by atoms with E-state index in [9.17, 15) is 108 Å². The van der Waals surface area contributed by atoms with Crippen molar-refractivity contribution in [1.29, 1.82) is 0 Å². The van der Waals surface area contributed by atoms with Crippen molar-refractivity contribution in [2.24, 2.45) is 29.0 Å². The Balaban J connectivity index is 1.56. The molecule has 0 bridgehead atoms. The summed E-state index contributed by atoms with van der Waals surface area (Å²) < 4.78 is 13.5. The molecule has 14 amide bonds. The van der Waals surface area contributed by atoms with E-state index >= 15 is 0 Å². The topological polar surface area (TPSA) is 639 Å². The predicted molar refractivity (Wildman–Crippen MR) is 435 cm³/mol. The van der Waals surface area contributed by atoms with Crippen LogP contribution in [-0.4, -0.2) is 292 Å². The van der Waals surface area contributed by atoms with E-state index in [1.807, 2.05) is 4.57 Å². The van der Waals surface area contributed by atoms with Gasteiger partial charge in [0, 0.05) is 51.4 Å². The number of aliphatic hydroxyl groups excluding tert-OH is 7. The van der Waals surface area contributed by atoms with E-state index in [-0.39, 0.29) is 31.6 Å². The van der Waals surface area contributed by atoms with Crippen molar-refractivity contribution in [1.82, 2.24) is 72.5 Å². The maximum Gasteiger partial charge on any atom is 0.308 e. The van der Waals surface area contributed by atoms with Crippen molar-refractivity contribution in [3.8, 4) is 5.75 Å². The Kier molecular flexibility index (Phi) is 45.2. The molecular formula is C80H131N17O24. The van der Waals surface area contributed by atoms with Gasteiger partial charge in [-0.25, -0.2) is 4.98 Å². The number of likely N-dealkylation sites (tertiary alicyclic amines) is 2. The number of nitrogens with two attached hydrogens (primary N) is 3. The van der Waals surface area contributed by atoms with Crippen molar-refractivity contribution in [3.63, 3.8) is 0 Å². The van der Waals surface area contributed by atoms with Crippen molar-refractivity contribution >= 4 is 88.7 Å². The highest BCUT2D eigenvalue weighted by Gasteiger charge is 2.48. The molecule has 1 aromatic heterocycles. The monoisotopic (exact) mass is 1710 g/mol. The van der Waals surface area contributed by atoms with E-state index in [2.05, 4.69) is 65.1 Å². The molecule has 23 N–H and O–H groups in total. The van der Waals surface area contributed by atoms with Crippen molar-refractivity contribution in [3.05, 3.63) is 48.5 Å². The summed E-state index contributed by atoms with van der Waals surface area (Å²) in [6.45, 7) is 11.7. The van der Waals surface area contributed by atoms with Gasteiger partial charge in [0.2, 0.25) is 76.8 Å². The number of hydrogen-bond donors (Lipinski definition) is 20. The summed E-state index contributed by atoms with van der Waals surface area (Å²) >= 11 is 0. The zero-order valence-corrected chi connectivity index (χ0v) is 70.8. The van der Waals surface area contributed by atoms with Crippen LogP contribution in [0.2, 0.25) is 0 Å². The zero-order chi connectivity index (χ0) is 90.3. The number of aryl methyl sites for hydroxylation is 1. The standard InChI is InChI=1S/C80H131N17O24/c1-10-11-12-13-14-15-16-17-18-19-20-24-54(121-80(119)45(4)23-21-30-81)38-60(106)89-65(48(7)99)75(114)87-46(5)71(110)88-55(36-51-25-27-53(28-26-51)120-42-62(108)85-31-22-33-95-35-32-84-43-95)72(111)91-63(44(2)3)78(117)97-41-52(102)37-56(97)73(112)92-66(49(8)100)76(115)93-67(50(9)101)79(118)96-34-29-57(103)69(96)77(116)94-68(58(104)39-59(82)105)74(113)86-40-61(107)90-64(47(6)98)70(83)109/h25-28,32,35,43-50,52,54-58,63-69,98-104H,10-24,29-31,33-34,36-42,81H2,1-9H3,(H2,82,105)(H2,83,109)(H,85,108)(H,86,113)(H,87,114)(H,88,110)(H,89,106)(H,90,107)(H,91,111)(H,92,112)(H,93,115)(H,94,116)/t45-,46+,47+,48+,49+,50+,52+,54+,55-,56-,57-,58+,63-,64+,65+,66+,67-,68-,69-/m0/s1. The van der Waals surface area contributed by atoms with Gasteiger partial charge in [0.15, 0.2) is 6.61 Å². The second kappa shape index (κ2) is 53.0. The van der Waals surface area contributed by atoms with E-state index < -0.39 is 242 Å². The number of carbonyl (C=O) groups excluding carboxylic acids is 15. The largest absolute Gasteiger partial charge is 0.484 e. The third kappa shape index (κ3) is 35.5. The second-order valence-electron chi connectivity index (χ2n) is 31.7. The van der Waals surface area contributed by atoms with Crippen LogP contribution >= 0.6 is 0 Å². The SMILES string of the molecule is CCCCCCCCCCCCC[C@H](CC(=O)N[C@@H](C(=O)N[C@H](C)C(=O)N[C@@H](Cc1ccc(OCC(=O)NCCCn2ccnc2)cc1)C(=O)N[C@H](C(=O)N1C[C@H](O)C[C@H]1C(=O)N[C@@H](C(=O)N[C@H](C(=O)N1CC[C@H](O)[C@H]1C(=O)N[C@H](C(=O)NCC(=O)N[C@@H](C(N)=O)[C@@H](C)O)[C@H](O)CC(N)=O)[C@@H](C)O)[C@@H](C)O)C(C)C)[C@@H](C)O)OC(=O)[C@@H](C)CCCN. The number of benzene rings is 1. The molecule has 41 nitrogen and oxygen atoms in total. The third-order valence-corrected chi connectivity index (χ3v) is 20.8. The van der Waals surface area contributed by atoms with E-state index in [0.29, 0.717) is 62.2 Å². The zero-order valence-electron chi connectivity index (χ0n) is 70.8. The van der Waals surface area contributed by atoms with Crippen LogP contribution in [0.25, 0.3) is 0 Å². The van der Waals surface area contributed by atoms with Gasteiger partial charge in [-0.05, 0) is 103 Å². The molecule has 2 aliphatic heterocycles. The minimum absolute atomic E-state index is 0.240. The molecular weight excluding hydrogens is 1580 g/mol. The Labute approximate surface area is 704 Å². The Hall–Kier alpha value is -10.0. The van der Waals surface area contributed by atoms with Crippen LogP contribution in [0.4, 0.5) is 0 Å². The molecule has 19 atom stereocenters. The smallest absolute Gasteiger partial charge is 0.308 e. The number of nitrogens with zero attached hydrogens (tertiary/aromatic N) is 4. The van der Waals surface area contributed by atoms with Gasteiger partial charge >= 0.3 is 5.97 Å². The summed E-state index contributed by atoms with van der Waals surface area (Å²) in [5.74, 6) is -16.6. The van der Waals surface area contributed by atoms with Gasteiger partial charge in [-0.15, -0.1) is 0 Å². The number of rotatable bonds is 56. The number of primary amides is 2. The van der Waals surface area contributed by atoms with Crippen molar-refractivity contribution in [2.75, 3.05) is 39.3 Å². The van der Waals surface area contributed by atoms with Gasteiger partial charge in [-0.2, -0.15) is 0 Å². The number of aliphatic hydroxyl groups is 7. The van der Waals surface area contributed by atoms with Crippen LogP contribution in [0, 0.1) is 11.8 Å². The molecule has 3 heterocycles. The van der Waals surface area contributed by atoms with Crippen LogP contribution in [0.5, 0.6) is 5.75 Å². The first-order valence-electron chi connectivity index (χ1n) is 41.7. The van der Waals surface area contributed by atoms with E-state index in [0.717, 1.165) is 57.8 Å². The van der Waals surface area contributed by atoms with Crippen molar-refractivity contribution in [2.45, 2.75) is 307 Å². The lowest BCUT2D eigenvalue weighted by atomic mass is 9.99. The number of aromatic nitrogens is 2. The molecule has 0 saturated carbocycles. The molecule has 0 radical (unpaired) electrons. The van der Waals surface area contributed by atoms with Crippen molar-refractivity contribution < 1.29 is 117 Å². The maximum atomic E-state index is 15.0. The number of nitrogens with one attached hydrogen (secondary N) is 10. The van der Waals surface area contributed by atoms with E-state index in [1.165, 1.54) is 84.1 Å². The summed E-state index contributed by atoms with van der Waals surface area (Å²) in [5.41, 5.74) is 16.5. The van der Waals surface area contributed by atoms with E-state index in [4.69, 9.17) is 26.7 Å². The molecule has 680 valence electrons. The lowest BCUT2D eigenvalue weighted by Crippen LogP contribution is -2.64. The van der Waals surface area contributed by atoms with Crippen LogP contribution in [0.1, 0.15) is 190 Å². The fourth-order valence-corrected chi connectivity index (χ4v) is 13.7. The number of carbonyl (C=O) groups is 15.